The van der Waals surface area contributed by atoms with E-state index in [0.29, 0.717) is 5.41 Å². The van der Waals surface area contributed by atoms with Crippen molar-refractivity contribution in [3.05, 3.63) is 28.1 Å². The average Bonchev–Trinajstić information content (AvgIpc) is 2.97. The van der Waals surface area contributed by atoms with E-state index in [-0.39, 0.29) is 0 Å². The Balaban J connectivity index is 2.68. The van der Waals surface area contributed by atoms with Gasteiger partial charge >= 0.3 is 0 Å². The highest BCUT2D eigenvalue weighted by Crippen LogP contribution is 2.44. The lowest BCUT2D eigenvalue weighted by Crippen LogP contribution is -2.73. The monoisotopic (exact) mass is 582 g/mol. The molecule has 3 rings (SSSR count). The maximum Gasteiger partial charge on any atom is 0.112 e. The second-order valence-electron chi connectivity index (χ2n) is 12.4. The largest absolute Gasteiger partial charge is 0.112 e. The minimum absolute atomic E-state index is 0.329. The van der Waals surface area contributed by atoms with Gasteiger partial charge in [-0.15, -0.1) is 0 Å². The van der Waals surface area contributed by atoms with Gasteiger partial charge in [0, 0.05) is 13.3 Å². The molecule has 0 saturated heterocycles. The average molecular weight is 583 g/mol. The van der Waals surface area contributed by atoms with Crippen molar-refractivity contribution in [2.75, 3.05) is 0 Å². The van der Waals surface area contributed by atoms with Gasteiger partial charge in [-0.05, 0) is 43.7 Å². The first-order valence-electron chi connectivity index (χ1n) is 16.9. The summed E-state index contributed by atoms with van der Waals surface area (Å²) in [4.78, 5) is 0. The van der Waals surface area contributed by atoms with Gasteiger partial charge in [-0.25, -0.2) is 0 Å². The maximum atomic E-state index is 3.05. The van der Waals surface area contributed by atoms with Crippen LogP contribution in [-0.2, 0) is 5.41 Å². The predicted molar refractivity (Wildman–Crippen MR) is 187 cm³/mol. The van der Waals surface area contributed by atoms with Crippen molar-refractivity contribution in [1.82, 2.24) is 0 Å². The molecule has 2 aliphatic heterocycles. The molecule has 0 radical (unpaired) electrons. The van der Waals surface area contributed by atoms with Gasteiger partial charge in [0.25, 0.3) is 0 Å². The molecule has 2 aliphatic rings. The fraction of sp³-hybridized carbons (Fsp3) is 0.735. The second-order valence-corrected chi connectivity index (χ2v) is 32.9. The van der Waals surface area contributed by atoms with E-state index in [1.165, 1.54) is 74.4 Å². The van der Waals surface area contributed by atoms with Crippen LogP contribution in [0.15, 0.2) is 22.5 Å². The van der Waals surface area contributed by atoms with Crippen LogP contribution in [-0.4, -0.2) is 36.8 Å². The molecule has 0 atom stereocenters. The Labute approximate surface area is 242 Å². The van der Waals surface area contributed by atoms with Crippen LogP contribution in [0.1, 0.15) is 121 Å². The Morgan fingerprint density at radius 1 is 0.553 bits per heavy atom. The Morgan fingerprint density at radius 3 is 1.32 bits per heavy atom. The fourth-order valence-electron chi connectivity index (χ4n) is 10.4. The summed E-state index contributed by atoms with van der Waals surface area (Å²) < 4.78 is 0. The van der Waals surface area contributed by atoms with Gasteiger partial charge in [0.1, 0.15) is 16.1 Å². The van der Waals surface area contributed by atoms with Gasteiger partial charge in [-0.3, -0.25) is 0 Å². The number of fused-ring (bicyclic) bond motifs is 2. The molecule has 4 heteroatoms. The third-order valence-corrected chi connectivity index (χ3v) is 40.0. The summed E-state index contributed by atoms with van der Waals surface area (Å²) in [6.45, 7) is 30.7. The number of hydrogen-bond donors (Lipinski definition) is 0. The van der Waals surface area contributed by atoms with Crippen molar-refractivity contribution in [1.29, 1.82) is 0 Å². The van der Waals surface area contributed by atoms with E-state index in [2.05, 4.69) is 100 Å². The van der Waals surface area contributed by atoms with Gasteiger partial charge in [-0.2, -0.15) is 0 Å². The minimum Gasteiger partial charge on any atom is -0.0817 e. The van der Waals surface area contributed by atoms with Gasteiger partial charge in [0.05, 0.1) is 7.59 Å². The fourth-order valence-corrected chi connectivity index (χ4v) is 39.2. The van der Waals surface area contributed by atoms with Gasteiger partial charge in [0.2, 0.25) is 0 Å². The molecule has 0 spiro atoms. The van der Waals surface area contributed by atoms with E-state index in [1.54, 1.807) is 0 Å². The molecule has 0 amide bonds. The van der Waals surface area contributed by atoms with Crippen LogP contribution in [0.25, 0.3) is 0 Å². The molecular formula is C34H62Si4. The lowest BCUT2D eigenvalue weighted by molar-refractivity contribution is 0.534. The van der Waals surface area contributed by atoms with E-state index in [4.69, 9.17) is 0 Å². The summed E-state index contributed by atoms with van der Waals surface area (Å²) >= 11 is 0. The maximum absolute atomic E-state index is 3.05. The molecular weight excluding hydrogens is 521 g/mol. The molecule has 0 nitrogen and oxygen atoms in total. The molecule has 0 unspecified atom stereocenters. The van der Waals surface area contributed by atoms with Crippen LogP contribution >= 0.6 is 0 Å². The molecule has 1 aromatic carbocycles. The standard InChI is InChI=1S/C34H62Si4/c1-13-28-29(14-2)37(21-9,22-10)32-26-30-27(25-31(32)36(28,19-7)20-8)34(16-4,17-5)33(15-3)35(18-6)38(30,23-11)24-12/h25-26H,13-24H2,1-12H3. The normalized spacial score (nSPS) is 20.9. The van der Waals surface area contributed by atoms with E-state index < -0.39 is 31.7 Å². The zero-order valence-corrected chi connectivity index (χ0v) is 31.6. The topological polar surface area (TPSA) is 0 Å². The van der Waals surface area contributed by atoms with Crippen LogP contribution in [0.3, 0.4) is 0 Å². The third-order valence-electron chi connectivity index (χ3n) is 12.5. The minimum atomic E-state index is -1.73. The van der Waals surface area contributed by atoms with Crippen LogP contribution in [0, 0.1) is 0 Å². The first-order valence-corrected chi connectivity index (χ1v) is 26.8. The van der Waals surface area contributed by atoms with E-state index in [1.807, 2.05) is 31.5 Å². The zero-order valence-electron chi connectivity index (χ0n) is 27.6. The van der Waals surface area contributed by atoms with Crippen molar-refractivity contribution in [3.8, 4) is 0 Å². The first-order chi connectivity index (χ1) is 18.2. The highest BCUT2D eigenvalue weighted by molar-refractivity contribution is 7.41. The van der Waals surface area contributed by atoms with Crippen molar-refractivity contribution in [2.24, 2.45) is 0 Å². The molecule has 38 heavy (non-hydrogen) atoms. The number of hydrogen-bond acceptors (Lipinski definition) is 0. The highest BCUT2D eigenvalue weighted by atomic mass is 29.2. The van der Waals surface area contributed by atoms with Crippen molar-refractivity contribution < 1.29 is 0 Å². The molecule has 1 aromatic rings. The number of allylic oxidation sites excluding steroid dienone is 2. The molecule has 214 valence electrons. The summed E-state index contributed by atoms with van der Waals surface area (Å²) in [5.74, 6) is 0. The lowest BCUT2D eigenvalue weighted by Gasteiger charge is -2.54. The number of benzene rings is 1. The van der Waals surface area contributed by atoms with Crippen LogP contribution in [0.5, 0.6) is 0 Å². The third kappa shape index (κ3) is 4.00. The smallest absolute Gasteiger partial charge is 0.0817 e. The molecule has 0 fully saturated rings. The van der Waals surface area contributed by atoms with Gasteiger partial charge in [0.15, 0.2) is 0 Å². The quantitative estimate of drug-likeness (QED) is 0.216. The van der Waals surface area contributed by atoms with E-state index in [9.17, 15) is 0 Å². The molecule has 2 heterocycles. The Hall–Kier alpha value is -0.302. The van der Waals surface area contributed by atoms with Gasteiger partial charge < -0.3 is 0 Å². The molecule has 0 N–H and O–H groups in total. The van der Waals surface area contributed by atoms with Gasteiger partial charge in [-0.1, -0.05) is 163 Å². The van der Waals surface area contributed by atoms with E-state index in [0.717, 1.165) is 0 Å². The van der Waals surface area contributed by atoms with Crippen LogP contribution in [0.2, 0.25) is 42.3 Å². The molecule has 0 aromatic heterocycles. The van der Waals surface area contributed by atoms with Crippen LogP contribution in [0.4, 0.5) is 0 Å². The molecule has 0 bridgehead atoms. The summed E-state index contributed by atoms with van der Waals surface area (Å²) in [5.41, 5.74) is 2.20. The highest BCUT2D eigenvalue weighted by Gasteiger charge is 2.54. The lowest BCUT2D eigenvalue weighted by atomic mass is 9.72. The second kappa shape index (κ2) is 12.3. The number of rotatable bonds is 12. The Bertz CT molecular complexity index is 896. The Kier molecular flexibility index (Phi) is 10.4. The molecule has 0 saturated carbocycles. The first kappa shape index (κ1) is 32.2. The van der Waals surface area contributed by atoms with E-state index >= 15 is 0 Å². The van der Waals surface area contributed by atoms with Crippen LogP contribution < -0.4 is 15.6 Å². The van der Waals surface area contributed by atoms with Crippen molar-refractivity contribution in [2.45, 2.75) is 163 Å². The summed E-state index contributed by atoms with van der Waals surface area (Å²) in [7, 11) is -5.51. The van der Waals surface area contributed by atoms with Crippen molar-refractivity contribution in [3.63, 3.8) is 0 Å². The summed E-state index contributed by atoms with van der Waals surface area (Å²) in [5, 5.41) is 12.0. The predicted octanol–water partition coefficient (Wildman–Crippen LogP) is 8.81. The molecule has 0 aliphatic carbocycles. The summed E-state index contributed by atoms with van der Waals surface area (Å²) in [6.07, 6.45) is 6.53. The Morgan fingerprint density at radius 2 is 1.00 bits per heavy atom. The van der Waals surface area contributed by atoms with Crippen molar-refractivity contribution >= 4 is 52.4 Å². The SMILES string of the molecule is CCC1=C(CC)[Si](CC)(CC)c2cc3c(cc2[Si]1(CC)CC)C(CC)(CC)C(CC)=[Si](CC)[Si]3(CC)CC. The summed E-state index contributed by atoms with van der Waals surface area (Å²) in [6, 6.07) is 16.0. The zero-order chi connectivity index (χ0) is 28.5.